The SMILES string of the molecule is [2H]c1c([2H])c([2H])c2c(sc3c([2H])c([2H])c4c5c([2H])c([2H])c([2H])c([2H])c5n(Cc5nc(-c6ccccc6)nc(-c6ccc7c(c6)oc6ccccc67)n5)c4c32)c1[2H]. The number of para-hydroxylation sites is 2. The first kappa shape index (κ1) is 17.6. The fourth-order valence-corrected chi connectivity index (χ4v) is 7.15. The van der Waals surface area contributed by atoms with Gasteiger partial charge in [-0.05, 0) is 36.3 Å². The topological polar surface area (TPSA) is 56.7 Å². The lowest BCUT2D eigenvalue weighted by atomic mass is 10.1. The molecule has 0 spiro atoms. The molecule has 6 aromatic carbocycles. The molecule has 0 N–H and O–H groups in total. The summed E-state index contributed by atoms with van der Waals surface area (Å²) in [7, 11) is 0. The van der Waals surface area contributed by atoms with E-state index in [9.17, 15) is 1.37 Å². The molecule has 0 saturated carbocycles. The van der Waals surface area contributed by atoms with Gasteiger partial charge in [-0.3, -0.25) is 0 Å². The average molecular weight is 619 g/mol. The second-order valence-electron chi connectivity index (χ2n) is 10.9. The van der Waals surface area contributed by atoms with Crippen molar-refractivity contribution in [1.29, 1.82) is 0 Å². The van der Waals surface area contributed by atoms with Gasteiger partial charge < -0.3 is 8.98 Å². The largest absolute Gasteiger partial charge is 0.456 e. The minimum atomic E-state index is -0.514. The lowest BCUT2D eigenvalue weighted by Gasteiger charge is -2.11. The molecule has 0 saturated heterocycles. The van der Waals surface area contributed by atoms with E-state index < -0.39 is 30.2 Å². The molecule has 10 rings (SSSR count). The van der Waals surface area contributed by atoms with Gasteiger partial charge in [-0.25, -0.2) is 15.0 Å². The van der Waals surface area contributed by atoms with Crippen LogP contribution in [0.15, 0.2) is 138 Å². The fraction of sp³-hybridized carbons (Fsp3) is 0.0250. The highest BCUT2D eigenvalue weighted by Crippen LogP contribution is 2.42. The molecule has 10 aromatic rings. The van der Waals surface area contributed by atoms with Crippen LogP contribution in [0, 0.1) is 0 Å². The van der Waals surface area contributed by atoms with Crippen LogP contribution in [0.3, 0.4) is 0 Å². The van der Waals surface area contributed by atoms with Crippen LogP contribution in [0.4, 0.5) is 0 Å². The standard InChI is InChI=1S/C40H24N4OS/c1-2-10-24(11-3-1)39-41-36(42-40(43-39)25-18-19-28-27-13-5-8-16-32(27)45-33(28)22-25)23-44-31-15-7-4-12-26(31)29-20-21-35-37(38(29)44)30-14-6-9-17-34(30)46-35/h1-22H,23H2/i4D,6D,7D,9D,12D,14D,15D,17D,20D,21D. The Labute approximate surface area is 281 Å². The second-order valence-corrected chi connectivity index (χ2v) is 11.9. The number of nitrogens with zero attached hydrogens (tertiary/aromatic N) is 4. The Balaban J connectivity index is 1.31. The molecule has 0 fully saturated rings. The van der Waals surface area contributed by atoms with E-state index in [0.717, 1.165) is 27.7 Å². The highest BCUT2D eigenvalue weighted by molar-refractivity contribution is 7.26. The molecule has 6 heteroatoms. The summed E-state index contributed by atoms with van der Waals surface area (Å²) < 4.78 is 96.4. The van der Waals surface area contributed by atoms with Crippen molar-refractivity contribution in [3.8, 4) is 22.8 Å². The zero-order valence-electron chi connectivity index (χ0n) is 33.7. The maximum Gasteiger partial charge on any atom is 0.163 e. The van der Waals surface area contributed by atoms with E-state index in [0.29, 0.717) is 28.4 Å². The minimum absolute atomic E-state index is 0.0134. The Morgan fingerprint density at radius 1 is 0.609 bits per heavy atom. The fourth-order valence-electron chi connectivity index (χ4n) is 6.19. The summed E-state index contributed by atoms with van der Waals surface area (Å²) in [6, 6.07) is 18.8. The van der Waals surface area contributed by atoms with Crippen molar-refractivity contribution in [3.63, 3.8) is 0 Å². The van der Waals surface area contributed by atoms with E-state index in [4.69, 9.17) is 31.7 Å². The molecular formula is C40H24N4OS. The van der Waals surface area contributed by atoms with Gasteiger partial charge in [0.1, 0.15) is 11.2 Å². The van der Waals surface area contributed by atoms with Gasteiger partial charge in [-0.15, -0.1) is 11.3 Å². The summed E-state index contributed by atoms with van der Waals surface area (Å²) in [4.78, 5) is 14.7. The predicted octanol–water partition coefficient (Wildman–Crippen LogP) is 10.6. The molecular weight excluding hydrogens is 585 g/mol. The first-order valence-electron chi connectivity index (χ1n) is 19.5. The van der Waals surface area contributed by atoms with Crippen molar-refractivity contribution in [1.82, 2.24) is 19.5 Å². The van der Waals surface area contributed by atoms with Crippen LogP contribution in [-0.4, -0.2) is 19.5 Å². The number of furan rings is 1. The molecule has 0 aliphatic rings. The first-order valence-corrected chi connectivity index (χ1v) is 15.3. The van der Waals surface area contributed by atoms with Gasteiger partial charge in [0.25, 0.3) is 0 Å². The van der Waals surface area contributed by atoms with Gasteiger partial charge in [0, 0.05) is 58.4 Å². The summed E-state index contributed by atoms with van der Waals surface area (Å²) in [6.07, 6.45) is 0. The first-order chi connectivity index (χ1) is 26.9. The molecule has 0 bridgehead atoms. The van der Waals surface area contributed by atoms with E-state index in [1.807, 2.05) is 72.8 Å². The molecule has 0 aliphatic carbocycles. The van der Waals surface area contributed by atoms with Crippen LogP contribution in [0.25, 0.3) is 86.7 Å². The number of rotatable bonds is 4. The summed E-state index contributed by atoms with van der Waals surface area (Å²) in [5.41, 5.74) is 2.95. The maximum absolute atomic E-state index is 9.24. The zero-order valence-corrected chi connectivity index (χ0v) is 24.6. The minimum Gasteiger partial charge on any atom is -0.456 e. The monoisotopic (exact) mass is 618 g/mol. The van der Waals surface area contributed by atoms with E-state index in [-0.39, 0.29) is 84.6 Å². The van der Waals surface area contributed by atoms with Crippen molar-refractivity contribution in [3.05, 3.63) is 139 Å². The molecule has 5 nitrogen and oxygen atoms in total. The van der Waals surface area contributed by atoms with Crippen LogP contribution < -0.4 is 0 Å². The molecule has 0 radical (unpaired) electrons. The number of hydrogen-bond acceptors (Lipinski definition) is 5. The van der Waals surface area contributed by atoms with E-state index >= 15 is 0 Å². The van der Waals surface area contributed by atoms with Gasteiger partial charge in [0.05, 0.1) is 25.8 Å². The molecule has 0 atom stereocenters. The molecule has 216 valence electrons. The van der Waals surface area contributed by atoms with Gasteiger partial charge in [-0.2, -0.15) is 0 Å². The third kappa shape index (κ3) is 3.84. The van der Waals surface area contributed by atoms with Crippen LogP contribution >= 0.6 is 11.3 Å². The van der Waals surface area contributed by atoms with E-state index in [1.54, 1.807) is 4.57 Å². The van der Waals surface area contributed by atoms with Crippen LogP contribution in [0.5, 0.6) is 0 Å². The average Bonchev–Trinajstić information content (AvgIpc) is 3.90. The molecule has 0 aliphatic heterocycles. The Morgan fingerprint density at radius 3 is 2.28 bits per heavy atom. The molecule has 0 unspecified atom stereocenters. The number of thiophene rings is 1. The number of aromatic nitrogens is 4. The normalized spacial score (nSPS) is 15.0. The van der Waals surface area contributed by atoms with E-state index in [2.05, 4.69) is 0 Å². The Morgan fingerprint density at radius 2 is 1.37 bits per heavy atom. The number of hydrogen-bond donors (Lipinski definition) is 0. The summed E-state index contributed by atoms with van der Waals surface area (Å²) >= 11 is 0.973. The van der Waals surface area contributed by atoms with Gasteiger partial charge in [-0.1, -0.05) is 96.9 Å². The Bertz CT molecular complexity index is 3360. The number of benzene rings is 6. The molecule has 4 heterocycles. The van der Waals surface area contributed by atoms with Crippen LogP contribution in [0.2, 0.25) is 0 Å². The van der Waals surface area contributed by atoms with Crippen molar-refractivity contribution in [2.45, 2.75) is 6.54 Å². The second kappa shape index (κ2) is 9.83. The highest BCUT2D eigenvalue weighted by Gasteiger charge is 2.19. The number of fused-ring (bicyclic) bond motifs is 10. The molecule has 0 amide bonds. The van der Waals surface area contributed by atoms with Gasteiger partial charge in [0.2, 0.25) is 0 Å². The quantitative estimate of drug-likeness (QED) is 0.197. The predicted molar refractivity (Wildman–Crippen MR) is 189 cm³/mol. The highest BCUT2D eigenvalue weighted by atomic mass is 32.1. The lowest BCUT2D eigenvalue weighted by molar-refractivity contribution is 0.669. The van der Waals surface area contributed by atoms with Crippen molar-refractivity contribution >= 4 is 75.3 Å². The third-order valence-corrected chi connectivity index (χ3v) is 9.24. The summed E-state index contributed by atoms with van der Waals surface area (Å²) in [6.45, 7) is -0.196. The van der Waals surface area contributed by atoms with Crippen molar-refractivity contribution in [2.24, 2.45) is 0 Å². The van der Waals surface area contributed by atoms with Crippen molar-refractivity contribution < 1.29 is 18.1 Å². The lowest BCUT2D eigenvalue weighted by Crippen LogP contribution is -2.08. The van der Waals surface area contributed by atoms with Gasteiger partial charge in [0.15, 0.2) is 17.5 Å². The maximum atomic E-state index is 9.24. The molecule has 46 heavy (non-hydrogen) atoms. The summed E-state index contributed by atoms with van der Waals surface area (Å²) in [5, 5.41) is 2.34. The molecule has 4 aromatic heterocycles. The smallest absolute Gasteiger partial charge is 0.163 e. The Hall–Kier alpha value is -5.85. The van der Waals surface area contributed by atoms with Crippen LogP contribution in [-0.2, 0) is 6.54 Å². The van der Waals surface area contributed by atoms with E-state index in [1.165, 1.54) is 0 Å². The van der Waals surface area contributed by atoms with Gasteiger partial charge >= 0.3 is 0 Å². The third-order valence-electron chi connectivity index (χ3n) is 8.22. The zero-order chi connectivity index (χ0) is 38.9. The van der Waals surface area contributed by atoms with Crippen molar-refractivity contribution in [2.75, 3.05) is 0 Å². The van der Waals surface area contributed by atoms with Crippen LogP contribution in [0.1, 0.15) is 19.5 Å². The summed E-state index contributed by atoms with van der Waals surface area (Å²) in [5.74, 6) is 0.863. The Kier molecular flexibility index (Phi) is 3.76.